The number of rotatable bonds is 5. The Morgan fingerprint density at radius 1 is 1.31 bits per heavy atom. The first kappa shape index (κ1) is 10.6. The fourth-order valence-corrected chi connectivity index (χ4v) is 2.01. The SMILES string of the molecule is C#CCCCCCC1CCCNC1. The van der Waals surface area contributed by atoms with Gasteiger partial charge in [0.1, 0.15) is 0 Å². The van der Waals surface area contributed by atoms with Crippen LogP contribution in [-0.4, -0.2) is 13.1 Å². The molecule has 1 saturated heterocycles. The molecule has 1 aliphatic rings. The molecule has 74 valence electrons. The maximum absolute atomic E-state index is 5.19. The zero-order valence-electron chi connectivity index (χ0n) is 8.52. The van der Waals surface area contributed by atoms with Gasteiger partial charge in [-0.3, -0.25) is 0 Å². The lowest BCUT2D eigenvalue weighted by molar-refractivity contribution is 0.347. The highest BCUT2D eigenvalue weighted by molar-refractivity contribution is 4.82. The van der Waals surface area contributed by atoms with Gasteiger partial charge in [-0.25, -0.2) is 0 Å². The minimum atomic E-state index is 0.944. The highest BCUT2D eigenvalue weighted by Crippen LogP contribution is 2.17. The van der Waals surface area contributed by atoms with Gasteiger partial charge in [-0.1, -0.05) is 12.8 Å². The molecule has 1 unspecified atom stereocenters. The largest absolute Gasteiger partial charge is 0.316 e. The van der Waals surface area contributed by atoms with Crippen molar-refractivity contribution >= 4 is 0 Å². The summed E-state index contributed by atoms with van der Waals surface area (Å²) in [6.07, 6.45) is 14.3. The van der Waals surface area contributed by atoms with Crippen molar-refractivity contribution in [3.63, 3.8) is 0 Å². The molecule has 0 amide bonds. The van der Waals surface area contributed by atoms with Crippen molar-refractivity contribution in [1.82, 2.24) is 5.32 Å². The van der Waals surface area contributed by atoms with Crippen LogP contribution in [0.3, 0.4) is 0 Å². The number of unbranched alkanes of at least 4 members (excludes halogenated alkanes) is 3. The topological polar surface area (TPSA) is 12.0 Å². The second kappa shape index (κ2) is 6.97. The lowest BCUT2D eigenvalue weighted by Gasteiger charge is -2.22. The van der Waals surface area contributed by atoms with Crippen LogP contribution in [0.2, 0.25) is 0 Å². The number of hydrogen-bond donors (Lipinski definition) is 1. The lowest BCUT2D eigenvalue weighted by Crippen LogP contribution is -2.29. The molecule has 13 heavy (non-hydrogen) atoms. The van der Waals surface area contributed by atoms with Crippen LogP contribution in [0.4, 0.5) is 0 Å². The van der Waals surface area contributed by atoms with Crippen molar-refractivity contribution in [1.29, 1.82) is 0 Å². The van der Waals surface area contributed by atoms with Crippen LogP contribution in [-0.2, 0) is 0 Å². The van der Waals surface area contributed by atoms with Crippen molar-refractivity contribution < 1.29 is 0 Å². The Labute approximate surface area is 82.3 Å². The van der Waals surface area contributed by atoms with Gasteiger partial charge in [-0.15, -0.1) is 12.3 Å². The lowest BCUT2D eigenvalue weighted by atomic mass is 9.93. The average Bonchev–Trinajstić information content (AvgIpc) is 2.19. The molecule has 0 radical (unpaired) electrons. The Bertz CT molecular complexity index is 151. The van der Waals surface area contributed by atoms with Crippen LogP contribution in [0.5, 0.6) is 0 Å². The molecule has 1 heteroatoms. The van der Waals surface area contributed by atoms with Gasteiger partial charge in [0, 0.05) is 6.42 Å². The predicted octanol–water partition coefficient (Wildman–Crippen LogP) is 2.57. The maximum atomic E-state index is 5.19. The summed E-state index contributed by atoms with van der Waals surface area (Å²) >= 11 is 0. The van der Waals surface area contributed by atoms with Crippen LogP contribution in [0.15, 0.2) is 0 Å². The van der Waals surface area contributed by atoms with E-state index >= 15 is 0 Å². The second-order valence-corrected chi connectivity index (χ2v) is 4.02. The van der Waals surface area contributed by atoms with Gasteiger partial charge in [-0.2, -0.15) is 0 Å². The Morgan fingerprint density at radius 3 is 2.92 bits per heavy atom. The number of terminal acetylenes is 1. The van der Waals surface area contributed by atoms with E-state index in [2.05, 4.69) is 11.2 Å². The van der Waals surface area contributed by atoms with E-state index in [1.54, 1.807) is 0 Å². The zero-order chi connectivity index (χ0) is 9.36. The van der Waals surface area contributed by atoms with Crippen molar-refractivity contribution in [3.05, 3.63) is 0 Å². The molecule has 1 heterocycles. The van der Waals surface area contributed by atoms with Gasteiger partial charge in [-0.05, 0) is 44.7 Å². The van der Waals surface area contributed by atoms with E-state index in [9.17, 15) is 0 Å². The standard InChI is InChI=1S/C12H21N/c1-2-3-4-5-6-8-12-9-7-10-13-11-12/h1,12-13H,3-11H2. The quantitative estimate of drug-likeness (QED) is 0.505. The minimum Gasteiger partial charge on any atom is -0.316 e. The monoisotopic (exact) mass is 179 g/mol. The summed E-state index contributed by atoms with van der Waals surface area (Å²) < 4.78 is 0. The van der Waals surface area contributed by atoms with Crippen molar-refractivity contribution in [2.24, 2.45) is 5.92 Å². The second-order valence-electron chi connectivity index (χ2n) is 4.02. The summed E-state index contributed by atoms with van der Waals surface area (Å²) in [5, 5.41) is 3.45. The number of nitrogens with one attached hydrogen (secondary N) is 1. The van der Waals surface area contributed by atoms with Crippen LogP contribution >= 0.6 is 0 Å². The third kappa shape index (κ3) is 4.95. The molecule has 1 aliphatic heterocycles. The molecule has 1 atom stereocenters. The van der Waals surface area contributed by atoms with Crippen LogP contribution < -0.4 is 5.32 Å². The third-order valence-corrected chi connectivity index (χ3v) is 2.83. The summed E-state index contributed by atoms with van der Waals surface area (Å²) in [6.45, 7) is 2.47. The Hall–Kier alpha value is -0.480. The van der Waals surface area contributed by atoms with Gasteiger partial charge in [0.25, 0.3) is 0 Å². The molecule has 1 fully saturated rings. The third-order valence-electron chi connectivity index (χ3n) is 2.83. The van der Waals surface area contributed by atoms with Gasteiger partial charge in [0.15, 0.2) is 0 Å². The van der Waals surface area contributed by atoms with E-state index in [4.69, 9.17) is 6.42 Å². The zero-order valence-corrected chi connectivity index (χ0v) is 8.52. The molecule has 0 aromatic carbocycles. The molecular weight excluding hydrogens is 158 g/mol. The first-order valence-electron chi connectivity index (χ1n) is 5.57. The molecular formula is C12H21N. The maximum Gasteiger partial charge on any atom is 0.00860 e. The Balaban J connectivity index is 1.90. The molecule has 1 nitrogen and oxygen atoms in total. The van der Waals surface area contributed by atoms with Crippen molar-refractivity contribution in [2.45, 2.75) is 44.9 Å². The van der Waals surface area contributed by atoms with Crippen LogP contribution in [0, 0.1) is 18.3 Å². The molecule has 0 aromatic heterocycles. The normalized spacial score (nSPS) is 22.5. The molecule has 0 bridgehead atoms. The number of piperidine rings is 1. The number of hydrogen-bond acceptors (Lipinski definition) is 1. The van der Waals surface area contributed by atoms with E-state index in [0.29, 0.717) is 0 Å². The van der Waals surface area contributed by atoms with E-state index in [1.165, 1.54) is 51.6 Å². The van der Waals surface area contributed by atoms with Crippen molar-refractivity contribution in [3.8, 4) is 12.3 Å². The highest BCUT2D eigenvalue weighted by Gasteiger charge is 2.11. The molecule has 0 saturated carbocycles. The molecule has 0 aromatic rings. The fraction of sp³-hybridized carbons (Fsp3) is 0.833. The van der Waals surface area contributed by atoms with Gasteiger partial charge in [0.05, 0.1) is 0 Å². The van der Waals surface area contributed by atoms with Crippen molar-refractivity contribution in [2.75, 3.05) is 13.1 Å². The predicted molar refractivity (Wildman–Crippen MR) is 57.5 cm³/mol. The molecule has 1 rings (SSSR count). The first-order chi connectivity index (χ1) is 6.43. The average molecular weight is 179 g/mol. The first-order valence-corrected chi connectivity index (χ1v) is 5.57. The van der Waals surface area contributed by atoms with Gasteiger partial charge < -0.3 is 5.32 Å². The molecule has 1 N–H and O–H groups in total. The van der Waals surface area contributed by atoms with E-state index in [-0.39, 0.29) is 0 Å². The van der Waals surface area contributed by atoms with Crippen LogP contribution in [0.1, 0.15) is 44.9 Å². The fourth-order valence-electron chi connectivity index (χ4n) is 2.01. The van der Waals surface area contributed by atoms with E-state index in [1.807, 2.05) is 0 Å². The van der Waals surface area contributed by atoms with Gasteiger partial charge >= 0.3 is 0 Å². The summed E-state index contributed by atoms with van der Waals surface area (Å²) in [7, 11) is 0. The Kier molecular flexibility index (Phi) is 5.69. The summed E-state index contributed by atoms with van der Waals surface area (Å²) in [5.41, 5.74) is 0. The van der Waals surface area contributed by atoms with Gasteiger partial charge in [0.2, 0.25) is 0 Å². The smallest absolute Gasteiger partial charge is 0.00860 e. The summed E-state index contributed by atoms with van der Waals surface area (Å²) in [5.74, 6) is 3.64. The van der Waals surface area contributed by atoms with E-state index < -0.39 is 0 Å². The molecule has 0 aliphatic carbocycles. The highest BCUT2D eigenvalue weighted by atomic mass is 14.9. The summed E-state index contributed by atoms with van der Waals surface area (Å²) in [4.78, 5) is 0. The summed E-state index contributed by atoms with van der Waals surface area (Å²) in [6, 6.07) is 0. The van der Waals surface area contributed by atoms with E-state index in [0.717, 1.165) is 12.3 Å². The molecule has 0 spiro atoms. The Morgan fingerprint density at radius 2 is 2.23 bits per heavy atom. The minimum absolute atomic E-state index is 0.944. The van der Waals surface area contributed by atoms with Crippen LogP contribution in [0.25, 0.3) is 0 Å².